The van der Waals surface area contributed by atoms with Crippen LogP contribution in [0, 0.1) is 11.7 Å². The van der Waals surface area contributed by atoms with Crippen molar-refractivity contribution in [2.75, 3.05) is 32.9 Å². The molecule has 184 valence electrons. The molecule has 2 aliphatic heterocycles. The van der Waals surface area contributed by atoms with Crippen LogP contribution in [-0.2, 0) is 0 Å². The number of fused-ring (bicyclic) bond motifs is 2. The fraction of sp³-hybridized carbons (Fsp3) is 0.276. The maximum absolute atomic E-state index is 13.7. The minimum atomic E-state index is -0.365. The number of hydrogen-bond donors (Lipinski definition) is 1. The van der Waals surface area contributed by atoms with E-state index in [4.69, 9.17) is 9.47 Å². The summed E-state index contributed by atoms with van der Waals surface area (Å²) < 4.78 is 38.8. The predicted molar refractivity (Wildman–Crippen MR) is 136 cm³/mol. The van der Waals surface area contributed by atoms with Gasteiger partial charge in [-0.3, -0.25) is 14.4 Å². The molecule has 1 aromatic heterocycles. The third-order valence-electron chi connectivity index (χ3n) is 7.12. The van der Waals surface area contributed by atoms with E-state index in [1.807, 2.05) is 30.3 Å². The third-order valence-corrected chi connectivity index (χ3v) is 7.12. The molecule has 1 N–H and O–H groups in total. The van der Waals surface area contributed by atoms with E-state index < -0.39 is 0 Å². The van der Waals surface area contributed by atoms with Crippen molar-refractivity contribution in [3.05, 3.63) is 89.4 Å². The number of alkyl halides is 1. The summed E-state index contributed by atoms with van der Waals surface area (Å²) in [6, 6.07) is 18.5. The van der Waals surface area contributed by atoms with Crippen LogP contribution < -0.4 is 9.47 Å². The monoisotopic (exact) mass is 487 g/mol. The summed E-state index contributed by atoms with van der Waals surface area (Å²) in [4.78, 5) is 2.20. The lowest BCUT2D eigenvalue weighted by Crippen LogP contribution is -2.49. The first kappa shape index (κ1) is 22.7. The molecule has 3 heterocycles. The van der Waals surface area contributed by atoms with Crippen molar-refractivity contribution >= 4 is 22.0 Å². The van der Waals surface area contributed by atoms with Crippen molar-refractivity contribution in [1.29, 1.82) is 0 Å². The number of nitrogens with one attached hydrogen (secondary N) is 1. The molecule has 0 unspecified atom stereocenters. The van der Waals surface area contributed by atoms with Gasteiger partial charge in [-0.2, -0.15) is 5.10 Å². The molecule has 0 radical (unpaired) electrons. The number of rotatable bonds is 7. The number of nitrogens with zero attached hydrogens (tertiary/aromatic N) is 2. The summed E-state index contributed by atoms with van der Waals surface area (Å²) in [5, 5.41) is 8.17. The minimum absolute atomic E-state index is 0.182. The molecule has 1 saturated heterocycles. The summed E-state index contributed by atoms with van der Waals surface area (Å²) >= 11 is 0. The Balaban J connectivity index is 1.28. The summed E-state index contributed by atoms with van der Waals surface area (Å²) in [5.41, 5.74) is 5.88. The summed E-state index contributed by atoms with van der Waals surface area (Å²) in [7, 11) is 0. The average molecular weight is 488 g/mol. The smallest absolute Gasteiger partial charge is 0.150 e. The fourth-order valence-corrected chi connectivity index (χ4v) is 5.11. The van der Waals surface area contributed by atoms with Crippen molar-refractivity contribution in [2.45, 2.75) is 13.0 Å². The van der Waals surface area contributed by atoms with Crippen LogP contribution in [-0.4, -0.2) is 48.0 Å². The lowest BCUT2D eigenvalue weighted by molar-refractivity contribution is 0.0668. The van der Waals surface area contributed by atoms with Gasteiger partial charge in [-0.15, -0.1) is 0 Å². The fourth-order valence-electron chi connectivity index (χ4n) is 5.11. The molecule has 7 heteroatoms. The Kier molecular flexibility index (Phi) is 5.93. The van der Waals surface area contributed by atoms with Crippen LogP contribution in [0.2, 0.25) is 0 Å². The van der Waals surface area contributed by atoms with Crippen molar-refractivity contribution < 1.29 is 18.3 Å². The highest BCUT2D eigenvalue weighted by Crippen LogP contribution is 2.47. The molecule has 2 aliphatic rings. The molecular formula is C29H27F2N3O2. The molecule has 1 fully saturated rings. The van der Waals surface area contributed by atoms with Crippen LogP contribution in [0.3, 0.4) is 0 Å². The van der Waals surface area contributed by atoms with Gasteiger partial charge in [0.2, 0.25) is 0 Å². The molecule has 36 heavy (non-hydrogen) atoms. The molecule has 0 spiro atoms. The molecule has 1 atom stereocenters. The van der Waals surface area contributed by atoms with Gasteiger partial charge in [-0.1, -0.05) is 24.3 Å². The maximum Gasteiger partial charge on any atom is 0.150 e. The number of hydrogen-bond acceptors (Lipinski definition) is 4. The van der Waals surface area contributed by atoms with Gasteiger partial charge in [0.15, 0.2) is 0 Å². The number of allylic oxidation sites excluding steroid dienone is 1. The summed E-state index contributed by atoms with van der Waals surface area (Å²) in [6.07, 6.45) is 1.43. The Hall–Kier alpha value is -3.71. The SMILES string of the molecule is CC1=C(c2ccc(F)cc2)[C@@H](c2ccc(OCCN3CC(CF)C3)cc2)Oc2cc3[nH]ncc3cc21. The van der Waals surface area contributed by atoms with Gasteiger partial charge in [-0.05, 0) is 54.0 Å². The van der Waals surface area contributed by atoms with E-state index in [0.717, 1.165) is 69.9 Å². The second-order valence-corrected chi connectivity index (χ2v) is 9.55. The first-order valence-electron chi connectivity index (χ1n) is 12.2. The molecular weight excluding hydrogens is 460 g/mol. The molecule has 5 nitrogen and oxygen atoms in total. The van der Waals surface area contributed by atoms with Gasteiger partial charge in [0, 0.05) is 48.1 Å². The zero-order valence-electron chi connectivity index (χ0n) is 20.0. The number of ether oxygens (including phenoxy) is 2. The highest BCUT2D eigenvalue weighted by atomic mass is 19.1. The number of H-pyrrole nitrogens is 1. The molecule has 0 aliphatic carbocycles. The van der Waals surface area contributed by atoms with Gasteiger partial charge in [0.05, 0.1) is 18.4 Å². The molecule has 0 bridgehead atoms. The van der Waals surface area contributed by atoms with Crippen LogP contribution in [0.4, 0.5) is 8.78 Å². The zero-order chi connectivity index (χ0) is 24.6. The molecule has 6 rings (SSSR count). The van der Waals surface area contributed by atoms with Gasteiger partial charge in [0.25, 0.3) is 0 Å². The second kappa shape index (κ2) is 9.39. The number of benzene rings is 3. The highest BCUT2D eigenvalue weighted by molar-refractivity contribution is 5.98. The summed E-state index contributed by atoms with van der Waals surface area (Å²) in [6.45, 7) is 4.81. The van der Waals surface area contributed by atoms with E-state index in [-0.39, 0.29) is 24.5 Å². The normalized spacial score (nSPS) is 18.1. The lowest BCUT2D eigenvalue weighted by atomic mass is 9.86. The van der Waals surface area contributed by atoms with E-state index in [2.05, 4.69) is 28.1 Å². The Bertz CT molecular complexity index is 1410. The van der Waals surface area contributed by atoms with Crippen LogP contribution in [0.5, 0.6) is 11.5 Å². The van der Waals surface area contributed by atoms with E-state index in [1.54, 1.807) is 18.3 Å². The first-order chi connectivity index (χ1) is 17.6. The number of aromatic amines is 1. The van der Waals surface area contributed by atoms with Gasteiger partial charge in [0.1, 0.15) is 30.0 Å². The maximum atomic E-state index is 13.7. The van der Waals surface area contributed by atoms with Crippen LogP contribution in [0.15, 0.2) is 66.9 Å². The van der Waals surface area contributed by atoms with Crippen molar-refractivity contribution in [1.82, 2.24) is 15.1 Å². The van der Waals surface area contributed by atoms with E-state index in [0.29, 0.717) is 6.61 Å². The van der Waals surface area contributed by atoms with Crippen molar-refractivity contribution in [3.63, 3.8) is 0 Å². The topological polar surface area (TPSA) is 50.4 Å². The minimum Gasteiger partial charge on any atom is -0.492 e. The molecule has 0 amide bonds. The Labute approximate surface area is 208 Å². The average Bonchev–Trinajstić information content (AvgIpc) is 3.33. The molecule has 0 saturated carbocycles. The Morgan fingerprint density at radius 1 is 1.08 bits per heavy atom. The quantitative estimate of drug-likeness (QED) is 0.345. The predicted octanol–water partition coefficient (Wildman–Crippen LogP) is 6.05. The van der Waals surface area contributed by atoms with Gasteiger partial charge < -0.3 is 9.47 Å². The van der Waals surface area contributed by atoms with Crippen LogP contribution in [0.1, 0.15) is 29.7 Å². The van der Waals surface area contributed by atoms with Crippen LogP contribution in [0.25, 0.3) is 22.0 Å². The number of aromatic nitrogens is 2. The molecule has 4 aromatic rings. The second-order valence-electron chi connectivity index (χ2n) is 9.55. The van der Waals surface area contributed by atoms with Crippen LogP contribution >= 0.6 is 0 Å². The van der Waals surface area contributed by atoms with Crippen molar-refractivity contribution in [3.8, 4) is 11.5 Å². The van der Waals surface area contributed by atoms with E-state index >= 15 is 0 Å². The van der Waals surface area contributed by atoms with Gasteiger partial charge >= 0.3 is 0 Å². The molecule has 3 aromatic carbocycles. The van der Waals surface area contributed by atoms with E-state index in [1.165, 1.54) is 12.1 Å². The van der Waals surface area contributed by atoms with Crippen molar-refractivity contribution in [2.24, 2.45) is 5.92 Å². The Morgan fingerprint density at radius 3 is 2.61 bits per heavy atom. The van der Waals surface area contributed by atoms with E-state index in [9.17, 15) is 8.78 Å². The lowest BCUT2D eigenvalue weighted by Gasteiger charge is -2.37. The number of halogens is 2. The number of likely N-dealkylation sites (tertiary alicyclic amines) is 1. The largest absolute Gasteiger partial charge is 0.492 e. The highest BCUT2D eigenvalue weighted by Gasteiger charge is 2.30. The standard InChI is InChI=1S/C29H27F2N3O2/c1-18-25-12-22-15-32-33-26(22)13-27(25)36-29(28(18)20-2-6-23(31)7-3-20)21-4-8-24(9-5-21)35-11-10-34-16-19(14-30)17-34/h2-9,12-13,15,19,29H,10-11,14,16-17H2,1H3,(H,32,33)/t29-/m1/s1. The summed E-state index contributed by atoms with van der Waals surface area (Å²) in [5.74, 6) is 1.47. The first-order valence-corrected chi connectivity index (χ1v) is 12.2. The Morgan fingerprint density at radius 2 is 1.86 bits per heavy atom. The third kappa shape index (κ3) is 4.24. The zero-order valence-corrected chi connectivity index (χ0v) is 20.0. The van der Waals surface area contributed by atoms with Gasteiger partial charge in [-0.25, -0.2) is 4.39 Å².